The van der Waals surface area contributed by atoms with Gasteiger partial charge < -0.3 is 9.84 Å². The van der Waals surface area contributed by atoms with Crippen LogP contribution in [0.4, 0.5) is 0 Å². The van der Waals surface area contributed by atoms with E-state index in [9.17, 15) is 4.79 Å². The molecule has 3 rings (SSSR count). The third-order valence-electron chi connectivity index (χ3n) is 3.95. The molecule has 0 spiro atoms. The lowest BCUT2D eigenvalue weighted by atomic mass is 10.2. The van der Waals surface area contributed by atoms with Crippen LogP contribution in [0.15, 0.2) is 52.1 Å². The molecule has 1 amide bonds. The monoisotopic (exact) mass is 387 g/mol. The summed E-state index contributed by atoms with van der Waals surface area (Å²) in [5, 5.41) is 8.16. The lowest BCUT2D eigenvalue weighted by molar-refractivity contribution is 0.0947. The summed E-state index contributed by atoms with van der Waals surface area (Å²) in [5.74, 6) is 1.25. The predicted octanol–water partition coefficient (Wildman–Crippen LogP) is 4.56. The highest BCUT2D eigenvalue weighted by Crippen LogP contribution is 2.27. The second-order valence-electron chi connectivity index (χ2n) is 5.72. The van der Waals surface area contributed by atoms with Crippen molar-refractivity contribution in [2.75, 3.05) is 0 Å². The van der Waals surface area contributed by atoms with Crippen LogP contribution < -0.4 is 5.32 Å². The minimum atomic E-state index is -0.181. The maximum absolute atomic E-state index is 12.6. The van der Waals surface area contributed by atoms with Gasteiger partial charge >= 0.3 is 0 Å². The lowest BCUT2D eigenvalue weighted by Crippen LogP contribution is -2.23. The van der Waals surface area contributed by atoms with Gasteiger partial charge in [0.2, 0.25) is 0 Å². The first kappa shape index (κ1) is 18.5. The number of nitrogens with one attached hydrogen (secondary N) is 1. The Morgan fingerprint density at radius 3 is 2.77 bits per heavy atom. The van der Waals surface area contributed by atoms with Crippen molar-refractivity contribution in [3.63, 3.8) is 0 Å². The molecule has 0 atom stereocenters. The minimum absolute atomic E-state index is 0.181. The van der Waals surface area contributed by atoms with Crippen LogP contribution in [0.2, 0.25) is 5.02 Å². The molecule has 1 aromatic carbocycles. The number of aryl methyl sites for hydroxylation is 2. The lowest BCUT2D eigenvalue weighted by Gasteiger charge is -2.10. The van der Waals surface area contributed by atoms with E-state index < -0.39 is 0 Å². The molecule has 1 N–H and O–H groups in total. The van der Waals surface area contributed by atoms with Crippen molar-refractivity contribution in [1.82, 2.24) is 15.5 Å². The van der Waals surface area contributed by atoms with Crippen LogP contribution in [0.1, 0.15) is 32.9 Å². The minimum Gasteiger partial charge on any atom is -0.361 e. The Kier molecular flexibility index (Phi) is 5.96. The van der Waals surface area contributed by atoms with Crippen molar-refractivity contribution in [1.29, 1.82) is 0 Å². The summed E-state index contributed by atoms with van der Waals surface area (Å²) >= 11 is 7.63. The van der Waals surface area contributed by atoms with Crippen molar-refractivity contribution in [2.45, 2.75) is 31.2 Å². The van der Waals surface area contributed by atoms with Gasteiger partial charge in [0.25, 0.3) is 5.91 Å². The average molecular weight is 388 g/mol. The molecule has 0 bridgehead atoms. The number of aromatic nitrogens is 2. The number of halogens is 1. The van der Waals surface area contributed by atoms with Gasteiger partial charge in [0.05, 0.1) is 11.3 Å². The Bertz CT molecular complexity index is 907. The van der Waals surface area contributed by atoms with Gasteiger partial charge in [-0.1, -0.05) is 35.0 Å². The summed E-state index contributed by atoms with van der Waals surface area (Å²) in [5.41, 5.74) is 3.30. The van der Waals surface area contributed by atoms with Gasteiger partial charge in [-0.2, -0.15) is 0 Å². The highest BCUT2D eigenvalue weighted by Gasteiger charge is 2.15. The maximum Gasteiger partial charge on any atom is 0.254 e. The number of carbonyl (C=O) groups is 1. The summed E-state index contributed by atoms with van der Waals surface area (Å²) in [6.45, 7) is 4.15. The molecule has 134 valence electrons. The molecule has 0 saturated carbocycles. The van der Waals surface area contributed by atoms with Gasteiger partial charge in [-0.05, 0) is 37.6 Å². The zero-order chi connectivity index (χ0) is 18.5. The molecule has 3 aromatic rings. The van der Waals surface area contributed by atoms with Crippen LogP contribution in [-0.4, -0.2) is 16.0 Å². The smallest absolute Gasteiger partial charge is 0.254 e. The second kappa shape index (κ2) is 8.38. The SMILES string of the molecule is Cc1noc(C)c1CSc1ncccc1C(=O)NCc1ccccc1Cl. The molecule has 7 heteroatoms. The maximum atomic E-state index is 12.6. The van der Waals surface area contributed by atoms with Gasteiger partial charge in [0.1, 0.15) is 10.8 Å². The Hall–Kier alpha value is -2.31. The Labute approximate surface area is 161 Å². The molecular formula is C19H18ClN3O2S. The molecule has 2 heterocycles. The number of thioether (sulfide) groups is 1. The fraction of sp³-hybridized carbons (Fsp3) is 0.211. The van der Waals surface area contributed by atoms with E-state index in [1.165, 1.54) is 11.8 Å². The Morgan fingerprint density at radius 2 is 2.04 bits per heavy atom. The Balaban J connectivity index is 1.70. The van der Waals surface area contributed by atoms with E-state index in [0.29, 0.717) is 27.9 Å². The van der Waals surface area contributed by atoms with Crippen LogP contribution in [0.3, 0.4) is 0 Å². The number of benzene rings is 1. The molecule has 0 unspecified atom stereocenters. The summed E-state index contributed by atoms with van der Waals surface area (Å²) in [6, 6.07) is 11.0. The van der Waals surface area contributed by atoms with E-state index in [1.807, 2.05) is 32.0 Å². The molecule has 26 heavy (non-hydrogen) atoms. The van der Waals surface area contributed by atoms with Crippen LogP contribution in [0.5, 0.6) is 0 Å². The van der Waals surface area contributed by atoms with E-state index >= 15 is 0 Å². The molecule has 0 aliphatic heterocycles. The second-order valence-corrected chi connectivity index (χ2v) is 7.09. The number of hydrogen-bond acceptors (Lipinski definition) is 5. The molecule has 0 saturated heterocycles. The standard InChI is InChI=1S/C19H18ClN3O2S/c1-12-16(13(2)25-23-12)11-26-19-15(7-5-9-21-19)18(24)22-10-14-6-3-4-8-17(14)20/h3-9H,10-11H2,1-2H3,(H,22,24). The van der Waals surface area contributed by atoms with E-state index in [1.54, 1.807) is 24.4 Å². The van der Waals surface area contributed by atoms with Crippen molar-refractivity contribution >= 4 is 29.3 Å². The predicted molar refractivity (Wildman–Crippen MR) is 102 cm³/mol. The van der Waals surface area contributed by atoms with Gasteiger partial charge in [0.15, 0.2) is 0 Å². The van der Waals surface area contributed by atoms with Crippen molar-refractivity contribution < 1.29 is 9.32 Å². The molecule has 5 nitrogen and oxygen atoms in total. The normalized spacial score (nSPS) is 10.7. The van der Waals surface area contributed by atoms with Crippen molar-refractivity contribution in [3.05, 3.63) is 75.8 Å². The van der Waals surface area contributed by atoms with E-state index in [-0.39, 0.29) is 5.91 Å². The summed E-state index contributed by atoms with van der Waals surface area (Å²) in [7, 11) is 0. The number of amides is 1. The molecule has 0 aliphatic rings. The fourth-order valence-electron chi connectivity index (χ4n) is 2.44. The zero-order valence-corrected chi connectivity index (χ0v) is 16.0. The number of nitrogens with zero attached hydrogens (tertiary/aromatic N) is 2. The first-order chi connectivity index (χ1) is 12.6. The third-order valence-corrected chi connectivity index (χ3v) is 5.35. The van der Waals surface area contributed by atoms with Gasteiger partial charge in [-0.15, -0.1) is 11.8 Å². The van der Waals surface area contributed by atoms with Gasteiger partial charge in [0, 0.05) is 29.1 Å². The van der Waals surface area contributed by atoms with Crippen molar-refractivity contribution in [2.24, 2.45) is 0 Å². The quantitative estimate of drug-likeness (QED) is 0.628. The van der Waals surface area contributed by atoms with Gasteiger partial charge in [-0.25, -0.2) is 4.98 Å². The number of pyridine rings is 1. The molecular weight excluding hydrogens is 370 g/mol. The fourth-order valence-corrected chi connectivity index (χ4v) is 3.79. The summed E-state index contributed by atoms with van der Waals surface area (Å²) < 4.78 is 5.18. The molecule has 2 aromatic heterocycles. The van der Waals surface area contributed by atoms with Crippen molar-refractivity contribution in [3.8, 4) is 0 Å². The average Bonchev–Trinajstić information content (AvgIpc) is 2.97. The van der Waals surface area contributed by atoms with E-state index in [0.717, 1.165) is 22.6 Å². The number of hydrogen-bond donors (Lipinski definition) is 1. The van der Waals surface area contributed by atoms with Crippen LogP contribution in [0, 0.1) is 13.8 Å². The first-order valence-corrected chi connectivity index (χ1v) is 9.43. The summed E-state index contributed by atoms with van der Waals surface area (Å²) in [6.07, 6.45) is 1.68. The van der Waals surface area contributed by atoms with Gasteiger partial charge in [-0.3, -0.25) is 4.79 Å². The number of rotatable bonds is 6. The zero-order valence-electron chi connectivity index (χ0n) is 14.5. The largest absolute Gasteiger partial charge is 0.361 e. The molecule has 0 radical (unpaired) electrons. The number of carbonyl (C=O) groups excluding carboxylic acids is 1. The van der Waals surface area contributed by atoms with Crippen LogP contribution in [-0.2, 0) is 12.3 Å². The molecule has 0 aliphatic carbocycles. The third kappa shape index (κ3) is 4.26. The van der Waals surface area contributed by atoms with E-state index in [2.05, 4.69) is 15.5 Å². The van der Waals surface area contributed by atoms with E-state index in [4.69, 9.17) is 16.1 Å². The van der Waals surface area contributed by atoms with Crippen LogP contribution in [0.25, 0.3) is 0 Å². The first-order valence-electron chi connectivity index (χ1n) is 8.07. The highest BCUT2D eigenvalue weighted by atomic mass is 35.5. The highest BCUT2D eigenvalue weighted by molar-refractivity contribution is 7.98. The molecule has 0 fully saturated rings. The van der Waals surface area contributed by atoms with Crippen LogP contribution >= 0.6 is 23.4 Å². The Morgan fingerprint density at radius 1 is 1.23 bits per heavy atom. The summed E-state index contributed by atoms with van der Waals surface area (Å²) in [4.78, 5) is 17.0. The topological polar surface area (TPSA) is 68.0 Å².